The highest BCUT2D eigenvalue weighted by Gasteiger charge is 2.22. The van der Waals surface area contributed by atoms with Gasteiger partial charge in [-0.15, -0.1) is 0 Å². The van der Waals surface area contributed by atoms with E-state index in [-0.39, 0.29) is 6.01 Å². The number of hydrogen-bond acceptors (Lipinski definition) is 6. The number of nitrogens with one attached hydrogen (secondary N) is 1. The van der Waals surface area contributed by atoms with Gasteiger partial charge in [0.1, 0.15) is 11.6 Å². The molecule has 20 heavy (non-hydrogen) atoms. The van der Waals surface area contributed by atoms with E-state index in [0.29, 0.717) is 4.47 Å². The van der Waals surface area contributed by atoms with E-state index in [2.05, 4.69) is 31.2 Å². The quantitative estimate of drug-likeness (QED) is 0.843. The Kier molecular flexibility index (Phi) is 5.43. The summed E-state index contributed by atoms with van der Waals surface area (Å²) in [7, 11) is 0. The lowest BCUT2D eigenvalue weighted by molar-refractivity contribution is -0.136. The molecule has 0 saturated heterocycles. The zero-order chi connectivity index (χ0) is 15.3. The van der Waals surface area contributed by atoms with Crippen LogP contribution in [0.25, 0.3) is 0 Å². The van der Waals surface area contributed by atoms with E-state index in [1.165, 1.54) is 19.3 Å². The molecule has 0 radical (unpaired) electrons. The second-order valence-corrected chi connectivity index (χ2v) is 5.89. The van der Waals surface area contributed by atoms with Gasteiger partial charge in [0.05, 0.1) is 4.47 Å². The summed E-state index contributed by atoms with van der Waals surface area (Å²) in [4.78, 5) is 30.8. The van der Waals surface area contributed by atoms with Gasteiger partial charge in [0.2, 0.25) is 0 Å². The Bertz CT molecular complexity index is 484. The van der Waals surface area contributed by atoms with Gasteiger partial charge in [0.25, 0.3) is 0 Å². The number of alkyl carbamates (subject to hydrolysis) is 1. The fourth-order valence-electron chi connectivity index (χ4n) is 1.07. The number of ether oxygens (including phenoxy) is 2. The highest BCUT2D eigenvalue weighted by atomic mass is 79.9. The zero-order valence-electron chi connectivity index (χ0n) is 11.6. The third-order valence-corrected chi connectivity index (χ3v) is 2.28. The number of esters is 1. The third-order valence-electron chi connectivity index (χ3n) is 1.88. The maximum atomic E-state index is 11.7. The van der Waals surface area contributed by atoms with Gasteiger partial charge in [-0.2, -0.15) is 0 Å². The zero-order valence-corrected chi connectivity index (χ0v) is 13.2. The normalized spacial score (nSPS) is 12.4. The second-order valence-electron chi connectivity index (χ2n) is 4.97. The monoisotopic (exact) mass is 345 g/mol. The minimum Gasteiger partial charge on any atom is -0.444 e. The molecule has 7 nitrogen and oxygen atoms in total. The van der Waals surface area contributed by atoms with Crippen molar-refractivity contribution in [1.82, 2.24) is 15.3 Å². The van der Waals surface area contributed by atoms with E-state index in [9.17, 15) is 9.59 Å². The molecule has 1 amide bonds. The average Bonchev–Trinajstić information content (AvgIpc) is 2.29. The van der Waals surface area contributed by atoms with Crippen molar-refractivity contribution in [2.75, 3.05) is 0 Å². The molecule has 0 saturated carbocycles. The highest BCUT2D eigenvalue weighted by Crippen LogP contribution is 2.09. The standard InChI is InChI=1S/C12H16BrN3O4/c1-7(16-11(18)20-12(2,3)4)9(17)19-10-14-5-8(13)6-15-10/h5-7H,1-4H3,(H,16,18). The summed E-state index contributed by atoms with van der Waals surface area (Å²) < 4.78 is 10.6. The molecule has 110 valence electrons. The molecule has 1 N–H and O–H groups in total. The average molecular weight is 346 g/mol. The topological polar surface area (TPSA) is 90.4 Å². The van der Waals surface area contributed by atoms with Crippen LogP contribution in [0.5, 0.6) is 6.01 Å². The minimum absolute atomic E-state index is 0.0870. The molecule has 1 rings (SSSR count). The molecule has 1 heterocycles. The molecular weight excluding hydrogens is 330 g/mol. The summed E-state index contributed by atoms with van der Waals surface area (Å²) in [6.45, 7) is 6.66. The summed E-state index contributed by atoms with van der Waals surface area (Å²) >= 11 is 3.16. The van der Waals surface area contributed by atoms with Gasteiger partial charge in [-0.3, -0.25) is 0 Å². The van der Waals surface area contributed by atoms with Crippen LogP contribution in [-0.4, -0.2) is 33.7 Å². The fraction of sp³-hybridized carbons (Fsp3) is 0.500. The lowest BCUT2D eigenvalue weighted by Gasteiger charge is -2.21. The first-order valence-corrected chi connectivity index (χ1v) is 6.65. The lowest BCUT2D eigenvalue weighted by Crippen LogP contribution is -2.43. The molecule has 0 aliphatic rings. The van der Waals surface area contributed by atoms with E-state index >= 15 is 0 Å². The van der Waals surface area contributed by atoms with Crippen LogP contribution < -0.4 is 10.1 Å². The number of carbonyl (C=O) groups excluding carboxylic acids is 2. The highest BCUT2D eigenvalue weighted by molar-refractivity contribution is 9.10. The summed E-state index contributed by atoms with van der Waals surface area (Å²) in [6.07, 6.45) is 2.20. The van der Waals surface area contributed by atoms with Crippen molar-refractivity contribution in [2.45, 2.75) is 39.3 Å². The number of aromatic nitrogens is 2. The molecule has 1 atom stereocenters. The number of amides is 1. The fourth-order valence-corrected chi connectivity index (χ4v) is 1.28. The Morgan fingerprint density at radius 2 is 1.85 bits per heavy atom. The van der Waals surface area contributed by atoms with Crippen molar-refractivity contribution in [3.63, 3.8) is 0 Å². The van der Waals surface area contributed by atoms with Crippen LogP contribution in [0.4, 0.5) is 4.79 Å². The van der Waals surface area contributed by atoms with E-state index in [1.807, 2.05) is 0 Å². The van der Waals surface area contributed by atoms with Crippen LogP contribution in [0.2, 0.25) is 0 Å². The molecule has 1 aromatic rings. The number of nitrogens with zero attached hydrogens (tertiary/aromatic N) is 2. The lowest BCUT2D eigenvalue weighted by atomic mass is 10.2. The van der Waals surface area contributed by atoms with E-state index in [0.717, 1.165) is 0 Å². The number of hydrogen-bond donors (Lipinski definition) is 1. The number of halogens is 1. The van der Waals surface area contributed by atoms with E-state index < -0.39 is 23.7 Å². The van der Waals surface area contributed by atoms with Crippen LogP contribution in [-0.2, 0) is 9.53 Å². The SMILES string of the molecule is CC(NC(=O)OC(C)(C)C)C(=O)Oc1ncc(Br)cn1. The first-order valence-electron chi connectivity index (χ1n) is 5.86. The molecule has 1 aromatic heterocycles. The van der Waals surface area contributed by atoms with Crippen molar-refractivity contribution in [3.05, 3.63) is 16.9 Å². The molecule has 0 aromatic carbocycles. The van der Waals surface area contributed by atoms with E-state index in [1.54, 1.807) is 20.8 Å². The summed E-state index contributed by atoms with van der Waals surface area (Å²) in [6, 6.07) is -0.965. The van der Waals surface area contributed by atoms with Crippen LogP contribution in [0.1, 0.15) is 27.7 Å². The number of rotatable bonds is 3. The smallest absolute Gasteiger partial charge is 0.408 e. The molecule has 0 fully saturated rings. The van der Waals surface area contributed by atoms with Crippen molar-refractivity contribution in [3.8, 4) is 6.01 Å². The van der Waals surface area contributed by atoms with Crippen molar-refractivity contribution >= 4 is 28.0 Å². The van der Waals surface area contributed by atoms with Gasteiger partial charge in [0, 0.05) is 12.4 Å². The Hall–Kier alpha value is -1.70. The van der Waals surface area contributed by atoms with Crippen LogP contribution >= 0.6 is 15.9 Å². The first kappa shape index (κ1) is 16.4. The Morgan fingerprint density at radius 3 is 2.35 bits per heavy atom. The molecule has 1 unspecified atom stereocenters. The van der Waals surface area contributed by atoms with Gasteiger partial charge in [-0.25, -0.2) is 19.6 Å². The summed E-state index contributed by atoms with van der Waals surface area (Å²) in [5, 5.41) is 2.37. The molecule has 0 spiro atoms. The van der Waals surface area contributed by atoms with Crippen molar-refractivity contribution < 1.29 is 19.1 Å². The minimum atomic E-state index is -0.878. The number of carbonyl (C=O) groups is 2. The van der Waals surface area contributed by atoms with Gasteiger partial charge in [0.15, 0.2) is 0 Å². The largest absolute Gasteiger partial charge is 0.444 e. The Labute approximate surface area is 125 Å². The van der Waals surface area contributed by atoms with Crippen molar-refractivity contribution in [1.29, 1.82) is 0 Å². The Balaban J connectivity index is 2.51. The predicted molar refractivity (Wildman–Crippen MR) is 74.2 cm³/mol. The summed E-state index contributed by atoms with van der Waals surface area (Å²) in [5.41, 5.74) is -0.636. The van der Waals surface area contributed by atoms with E-state index in [4.69, 9.17) is 9.47 Å². The molecule has 8 heteroatoms. The third kappa shape index (κ3) is 5.96. The van der Waals surface area contributed by atoms with Crippen molar-refractivity contribution in [2.24, 2.45) is 0 Å². The van der Waals surface area contributed by atoms with Gasteiger partial charge in [-0.05, 0) is 43.6 Å². The van der Waals surface area contributed by atoms with Crippen LogP contribution in [0.3, 0.4) is 0 Å². The summed E-state index contributed by atoms with van der Waals surface area (Å²) in [5.74, 6) is -0.682. The van der Waals surface area contributed by atoms with Gasteiger partial charge < -0.3 is 14.8 Å². The Morgan fingerprint density at radius 1 is 1.30 bits per heavy atom. The molecule has 0 aliphatic heterocycles. The second kappa shape index (κ2) is 6.65. The molecule has 0 aliphatic carbocycles. The molecular formula is C12H16BrN3O4. The first-order chi connectivity index (χ1) is 9.17. The van der Waals surface area contributed by atoms with Crippen LogP contribution in [0.15, 0.2) is 16.9 Å². The molecule has 0 bridgehead atoms. The van der Waals surface area contributed by atoms with Crippen LogP contribution in [0, 0.1) is 0 Å². The predicted octanol–water partition coefficient (Wildman–Crippen LogP) is 2.06. The maximum Gasteiger partial charge on any atom is 0.408 e. The van der Waals surface area contributed by atoms with Gasteiger partial charge >= 0.3 is 18.1 Å². The van der Waals surface area contributed by atoms with Gasteiger partial charge in [-0.1, -0.05) is 0 Å². The maximum absolute atomic E-state index is 11.7.